The van der Waals surface area contributed by atoms with Gasteiger partial charge in [-0.1, -0.05) is 17.7 Å². The fourth-order valence-corrected chi connectivity index (χ4v) is 3.96. The van der Waals surface area contributed by atoms with Gasteiger partial charge in [-0.2, -0.15) is 5.10 Å². The minimum absolute atomic E-state index is 0.207. The predicted molar refractivity (Wildman–Crippen MR) is 114 cm³/mol. The Bertz CT molecular complexity index is 1020. The van der Waals surface area contributed by atoms with Crippen LogP contribution in [0.25, 0.3) is 0 Å². The van der Waals surface area contributed by atoms with Crippen LogP contribution in [0, 0.1) is 13.8 Å². The number of amides is 2. The van der Waals surface area contributed by atoms with Crippen molar-refractivity contribution in [2.75, 3.05) is 19.0 Å². The minimum atomic E-state index is -0.802. The molecule has 0 aliphatic carbocycles. The number of methoxy groups -OCH3 is 1. The van der Waals surface area contributed by atoms with Gasteiger partial charge in [0.2, 0.25) is 0 Å². The Balaban J connectivity index is 1.71. The number of nitrogens with zero attached hydrogens (tertiary/aromatic N) is 2. The summed E-state index contributed by atoms with van der Waals surface area (Å²) in [5.74, 6) is -1.14. The molecule has 3 aromatic rings. The summed E-state index contributed by atoms with van der Waals surface area (Å²) in [5, 5.41) is 12.2. The number of aryl methyl sites for hydroxylation is 2. The van der Waals surface area contributed by atoms with Crippen molar-refractivity contribution >= 4 is 40.4 Å². The van der Waals surface area contributed by atoms with Crippen LogP contribution in [-0.4, -0.2) is 35.2 Å². The number of anilines is 1. The molecule has 7 nitrogen and oxygen atoms in total. The van der Waals surface area contributed by atoms with E-state index in [1.165, 1.54) is 13.2 Å². The largest absolute Gasteiger partial charge is 0.495 e. The third-order valence-corrected chi connectivity index (χ3v) is 5.49. The first kappa shape index (κ1) is 20.9. The smallest absolute Gasteiger partial charge is 0.313 e. The van der Waals surface area contributed by atoms with Gasteiger partial charge < -0.3 is 15.4 Å². The molecule has 0 fully saturated rings. The number of nitrogens with one attached hydrogen (secondary N) is 2. The topological polar surface area (TPSA) is 85.2 Å². The molecule has 0 radical (unpaired) electrons. The molecular weight excluding hydrogens is 412 g/mol. The molecule has 1 atom stereocenters. The summed E-state index contributed by atoms with van der Waals surface area (Å²) >= 11 is 7.53. The molecule has 2 amide bonds. The van der Waals surface area contributed by atoms with Crippen molar-refractivity contribution in [3.63, 3.8) is 0 Å². The van der Waals surface area contributed by atoms with E-state index in [-0.39, 0.29) is 12.6 Å². The monoisotopic (exact) mass is 432 g/mol. The number of ether oxygens (including phenoxy) is 1. The van der Waals surface area contributed by atoms with Gasteiger partial charge in [-0.25, -0.2) is 0 Å². The summed E-state index contributed by atoms with van der Waals surface area (Å²) < 4.78 is 7.05. The highest BCUT2D eigenvalue weighted by atomic mass is 35.5. The number of aromatic nitrogens is 2. The molecule has 29 heavy (non-hydrogen) atoms. The van der Waals surface area contributed by atoms with Crippen LogP contribution < -0.4 is 15.4 Å². The Morgan fingerprint density at radius 1 is 1.24 bits per heavy atom. The normalized spacial score (nSPS) is 11.7. The number of thiophene rings is 1. The lowest BCUT2D eigenvalue weighted by Gasteiger charge is -2.19. The molecule has 3 rings (SSSR count). The van der Waals surface area contributed by atoms with Crippen molar-refractivity contribution in [2.45, 2.75) is 19.9 Å². The number of halogens is 1. The molecule has 0 saturated carbocycles. The van der Waals surface area contributed by atoms with Crippen molar-refractivity contribution in [1.29, 1.82) is 0 Å². The van der Waals surface area contributed by atoms with Gasteiger partial charge in [0.1, 0.15) is 11.8 Å². The van der Waals surface area contributed by atoms with Crippen molar-refractivity contribution in [3.8, 4) is 5.75 Å². The van der Waals surface area contributed by atoms with Gasteiger partial charge in [0.15, 0.2) is 0 Å². The van der Waals surface area contributed by atoms with Gasteiger partial charge in [-0.3, -0.25) is 14.3 Å². The van der Waals surface area contributed by atoms with Crippen molar-refractivity contribution < 1.29 is 14.3 Å². The molecule has 2 aromatic heterocycles. The van der Waals surface area contributed by atoms with E-state index in [0.29, 0.717) is 16.5 Å². The lowest BCUT2D eigenvalue weighted by molar-refractivity contribution is -0.136. The Morgan fingerprint density at radius 3 is 2.66 bits per heavy atom. The number of benzene rings is 1. The zero-order valence-electron chi connectivity index (χ0n) is 16.2. The molecule has 2 N–H and O–H groups in total. The Labute approximate surface area is 177 Å². The molecule has 0 aliphatic rings. The molecule has 1 aromatic carbocycles. The van der Waals surface area contributed by atoms with Gasteiger partial charge in [0.05, 0.1) is 18.5 Å². The van der Waals surface area contributed by atoms with E-state index in [1.54, 1.807) is 23.5 Å². The summed E-state index contributed by atoms with van der Waals surface area (Å²) in [6.45, 7) is 4.10. The van der Waals surface area contributed by atoms with Crippen LogP contribution in [0.2, 0.25) is 5.02 Å². The molecule has 0 bridgehead atoms. The Hall–Kier alpha value is -2.84. The lowest BCUT2D eigenvalue weighted by Crippen LogP contribution is -2.39. The maximum absolute atomic E-state index is 12.4. The molecule has 9 heteroatoms. The summed E-state index contributed by atoms with van der Waals surface area (Å²) in [4.78, 5) is 25.8. The SMILES string of the molecule is COc1ccc(Cl)cc1NC(=O)C(=O)NCC(c1cccs1)n1nc(C)cc1C. The van der Waals surface area contributed by atoms with Crippen LogP contribution >= 0.6 is 22.9 Å². The maximum Gasteiger partial charge on any atom is 0.313 e. The highest BCUT2D eigenvalue weighted by Gasteiger charge is 2.22. The highest BCUT2D eigenvalue weighted by Crippen LogP contribution is 2.28. The number of hydrogen-bond acceptors (Lipinski definition) is 5. The molecule has 2 heterocycles. The van der Waals surface area contributed by atoms with Crippen molar-refractivity contribution in [2.24, 2.45) is 0 Å². The van der Waals surface area contributed by atoms with Gasteiger partial charge in [0, 0.05) is 22.1 Å². The van der Waals surface area contributed by atoms with E-state index in [0.717, 1.165) is 16.3 Å². The van der Waals surface area contributed by atoms with Crippen molar-refractivity contribution in [1.82, 2.24) is 15.1 Å². The van der Waals surface area contributed by atoms with Gasteiger partial charge in [0.25, 0.3) is 0 Å². The first-order valence-electron chi connectivity index (χ1n) is 8.88. The Kier molecular flexibility index (Phi) is 6.56. The van der Waals surface area contributed by atoms with Crippen molar-refractivity contribution in [3.05, 3.63) is 63.1 Å². The fourth-order valence-electron chi connectivity index (χ4n) is 2.98. The third kappa shape index (κ3) is 4.96. The van der Waals surface area contributed by atoms with E-state index in [2.05, 4.69) is 15.7 Å². The van der Waals surface area contributed by atoms with Crippen LogP contribution in [-0.2, 0) is 9.59 Å². The van der Waals surface area contributed by atoms with E-state index in [9.17, 15) is 9.59 Å². The summed E-state index contributed by atoms with van der Waals surface area (Å²) in [6, 6.07) is 10.5. The minimum Gasteiger partial charge on any atom is -0.495 e. The second-order valence-electron chi connectivity index (χ2n) is 6.41. The Morgan fingerprint density at radius 2 is 2.03 bits per heavy atom. The first-order chi connectivity index (χ1) is 13.9. The molecule has 0 saturated heterocycles. The number of carbonyl (C=O) groups is 2. The molecular formula is C20H21ClN4O3S. The standard InChI is InChI=1S/C20H21ClN4O3S/c1-12-9-13(2)25(24-12)16(18-5-4-8-29-18)11-22-19(26)20(27)23-15-10-14(21)6-7-17(15)28-3/h4-10,16H,11H2,1-3H3,(H,22,26)(H,23,27). The van der Waals surface area contributed by atoms with Crippen LogP contribution in [0.5, 0.6) is 5.75 Å². The van der Waals surface area contributed by atoms with E-state index < -0.39 is 11.8 Å². The van der Waals surface area contributed by atoms with E-state index >= 15 is 0 Å². The maximum atomic E-state index is 12.4. The summed E-state index contributed by atoms with van der Waals surface area (Å²) in [5.41, 5.74) is 2.19. The molecule has 0 aliphatic heterocycles. The average Bonchev–Trinajstić information content (AvgIpc) is 3.32. The second-order valence-corrected chi connectivity index (χ2v) is 7.83. The lowest BCUT2D eigenvalue weighted by atomic mass is 10.2. The predicted octanol–water partition coefficient (Wildman–Crippen LogP) is 3.57. The number of hydrogen-bond donors (Lipinski definition) is 2. The van der Waals surface area contributed by atoms with E-state index in [1.807, 2.05) is 42.1 Å². The number of rotatable bonds is 6. The summed E-state index contributed by atoms with van der Waals surface area (Å²) in [7, 11) is 1.47. The quantitative estimate of drug-likeness (QED) is 0.583. The number of carbonyl (C=O) groups excluding carboxylic acids is 2. The van der Waals surface area contributed by atoms with Gasteiger partial charge in [-0.15, -0.1) is 11.3 Å². The molecule has 0 spiro atoms. The zero-order valence-corrected chi connectivity index (χ0v) is 17.8. The first-order valence-corrected chi connectivity index (χ1v) is 10.1. The van der Waals surface area contributed by atoms with Crippen LogP contribution in [0.4, 0.5) is 5.69 Å². The fraction of sp³-hybridized carbons (Fsp3) is 0.250. The summed E-state index contributed by atoms with van der Waals surface area (Å²) in [6.07, 6.45) is 0. The van der Waals surface area contributed by atoms with Crippen LogP contribution in [0.1, 0.15) is 22.3 Å². The second kappa shape index (κ2) is 9.11. The molecule has 1 unspecified atom stereocenters. The van der Waals surface area contributed by atoms with E-state index in [4.69, 9.17) is 16.3 Å². The van der Waals surface area contributed by atoms with Gasteiger partial charge >= 0.3 is 11.8 Å². The van der Waals surface area contributed by atoms with Crippen LogP contribution in [0.15, 0.2) is 41.8 Å². The van der Waals surface area contributed by atoms with Crippen LogP contribution in [0.3, 0.4) is 0 Å². The average molecular weight is 433 g/mol. The molecule has 152 valence electrons. The third-order valence-electron chi connectivity index (χ3n) is 4.28. The zero-order chi connectivity index (χ0) is 21.0. The highest BCUT2D eigenvalue weighted by molar-refractivity contribution is 7.10. The van der Waals surface area contributed by atoms with Gasteiger partial charge in [-0.05, 0) is 49.6 Å².